The monoisotopic (exact) mass is 696 g/mol. The molecule has 0 atom stereocenters. The van der Waals surface area contributed by atoms with Crippen molar-refractivity contribution in [3.63, 3.8) is 0 Å². The molecule has 0 fully saturated rings. The SMILES string of the molecule is CCCCc1ccc(-c2nc(-c3ccccc3)nc(-c3ccc(-c4ccccc4-n4c5ccccc5c5ccc6c7ccccc7oc6c54)cc3)n2)cc1. The van der Waals surface area contributed by atoms with Gasteiger partial charge in [-0.05, 0) is 48.2 Å². The fraction of sp³-hybridized carbons (Fsp3) is 0.0816. The summed E-state index contributed by atoms with van der Waals surface area (Å²) in [5, 5.41) is 4.59. The van der Waals surface area contributed by atoms with Crippen LogP contribution in [0.15, 0.2) is 168 Å². The van der Waals surface area contributed by atoms with Gasteiger partial charge in [0.1, 0.15) is 5.58 Å². The van der Waals surface area contributed by atoms with E-state index in [1.165, 1.54) is 23.8 Å². The molecule has 5 nitrogen and oxygen atoms in total. The molecule has 0 aliphatic heterocycles. The second-order valence-electron chi connectivity index (χ2n) is 13.9. The molecule has 0 saturated carbocycles. The third kappa shape index (κ3) is 5.44. The van der Waals surface area contributed by atoms with Crippen LogP contribution in [-0.4, -0.2) is 19.5 Å². The molecule has 10 rings (SSSR count). The van der Waals surface area contributed by atoms with E-state index in [4.69, 9.17) is 19.4 Å². The van der Waals surface area contributed by atoms with Crippen LogP contribution in [0, 0.1) is 0 Å². The molecule has 54 heavy (non-hydrogen) atoms. The number of fused-ring (bicyclic) bond motifs is 7. The normalized spacial score (nSPS) is 11.6. The van der Waals surface area contributed by atoms with Crippen LogP contribution in [0.1, 0.15) is 25.3 Å². The van der Waals surface area contributed by atoms with Gasteiger partial charge in [-0.3, -0.25) is 0 Å². The van der Waals surface area contributed by atoms with Crippen molar-refractivity contribution in [2.45, 2.75) is 26.2 Å². The first kappa shape index (κ1) is 31.9. The number of hydrogen-bond acceptors (Lipinski definition) is 4. The van der Waals surface area contributed by atoms with Gasteiger partial charge in [0.05, 0.1) is 16.7 Å². The van der Waals surface area contributed by atoms with Gasteiger partial charge in [0.15, 0.2) is 23.1 Å². The minimum Gasteiger partial charge on any atom is -0.454 e. The number of para-hydroxylation sites is 3. The lowest BCUT2D eigenvalue weighted by molar-refractivity contribution is 0.671. The smallest absolute Gasteiger partial charge is 0.164 e. The van der Waals surface area contributed by atoms with Gasteiger partial charge >= 0.3 is 0 Å². The standard InChI is InChI=1S/C49H36N4O/c1-2-3-13-32-22-24-35(25-23-32)48-50-47(34-14-5-4-6-15-34)51-49(52-48)36-28-26-33(27-29-36)37-16-7-10-19-42(37)53-43-20-11-8-17-38(43)40-30-31-41-39-18-9-12-21-44(39)54-46(41)45(40)53/h4-12,14-31H,2-3,13H2,1H3. The summed E-state index contributed by atoms with van der Waals surface area (Å²) >= 11 is 0. The number of aromatic nitrogens is 4. The van der Waals surface area contributed by atoms with Gasteiger partial charge in [-0.15, -0.1) is 0 Å². The van der Waals surface area contributed by atoms with Crippen molar-refractivity contribution < 1.29 is 4.42 Å². The van der Waals surface area contributed by atoms with E-state index < -0.39 is 0 Å². The van der Waals surface area contributed by atoms with Crippen molar-refractivity contribution in [2.75, 3.05) is 0 Å². The van der Waals surface area contributed by atoms with Crippen molar-refractivity contribution in [3.8, 4) is 51.0 Å². The molecule has 0 bridgehead atoms. The fourth-order valence-corrected chi connectivity index (χ4v) is 7.74. The summed E-state index contributed by atoms with van der Waals surface area (Å²) < 4.78 is 9.00. The van der Waals surface area contributed by atoms with Crippen molar-refractivity contribution >= 4 is 43.7 Å². The average molecular weight is 697 g/mol. The first-order valence-electron chi connectivity index (χ1n) is 18.7. The predicted molar refractivity (Wildman–Crippen MR) is 222 cm³/mol. The molecule has 0 aliphatic carbocycles. The Kier molecular flexibility index (Phi) is 7.84. The Balaban J connectivity index is 1.10. The molecule has 0 amide bonds. The Labute approximate surface area is 313 Å². The zero-order valence-electron chi connectivity index (χ0n) is 29.9. The van der Waals surface area contributed by atoms with E-state index in [1.807, 2.05) is 42.5 Å². The van der Waals surface area contributed by atoms with Crippen LogP contribution >= 0.6 is 0 Å². The summed E-state index contributed by atoms with van der Waals surface area (Å²) in [5.41, 5.74) is 11.5. The van der Waals surface area contributed by atoms with Crippen LogP contribution in [-0.2, 0) is 6.42 Å². The molecule has 5 heteroatoms. The van der Waals surface area contributed by atoms with E-state index in [0.29, 0.717) is 17.5 Å². The Morgan fingerprint density at radius 2 is 1.06 bits per heavy atom. The largest absolute Gasteiger partial charge is 0.454 e. The third-order valence-corrected chi connectivity index (χ3v) is 10.5. The number of unbranched alkanes of at least 4 members (excludes halogenated alkanes) is 1. The Hall–Kier alpha value is -6.85. The molecule has 3 heterocycles. The lowest BCUT2D eigenvalue weighted by Gasteiger charge is -2.14. The summed E-state index contributed by atoms with van der Waals surface area (Å²) in [6.07, 6.45) is 3.43. The highest BCUT2D eigenvalue weighted by Gasteiger charge is 2.21. The van der Waals surface area contributed by atoms with E-state index >= 15 is 0 Å². The molecule has 258 valence electrons. The van der Waals surface area contributed by atoms with Crippen molar-refractivity contribution in [1.29, 1.82) is 0 Å². The molecule has 0 saturated heterocycles. The zero-order valence-corrected chi connectivity index (χ0v) is 29.9. The van der Waals surface area contributed by atoms with Gasteiger partial charge in [0.25, 0.3) is 0 Å². The van der Waals surface area contributed by atoms with E-state index in [1.54, 1.807) is 0 Å². The first-order valence-corrected chi connectivity index (χ1v) is 18.7. The number of furan rings is 1. The Morgan fingerprint density at radius 3 is 1.80 bits per heavy atom. The van der Waals surface area contributed by atoms with Gasteiger partial charge in [-0.2, -0.15) is 0 Å². The third-order valence-electron chi connectivity index (χ3n) is 10.5. The molecule has 3 aromatic heterocycles. The van der Waals surface area contributed by atoms with Gasteiger partial charge < -0.3 is 8.98 Å². The highest BCUT2D eigenvalue weighted by molar-refractivity contribution is 6.21. The summed E-state index contributed by atoms with van der Waals surface area (Å²) in [4.78, 5) is 15.0. The minimum atomic E-state index is 0.642. The Morgan fingerprint density at radius 1 is 0.481 bits per heavy atom. The van der Waals surface area contributed by atoms with E-state index in [0.717, 1.165) is 78.3 Å². The lowest BCUT2D eigenvalue weighted by atomic mass is 10.0. The van der Waals surface area contributed by atoms with E-state index in [2.05, 4.69) is 133 Å². The van der Waals surface area contributed by atoms with Crippen LogP contribution in [0.4, 0.5) is 0 Å². The molecular weight excluding hydrogens is 661 g/mol. The second kappa shape index (κ2) is 13.3. The fourth-order valence-electron chi connectivity index (χ4n) is 7.74. The Bertz CT molecular complexity index is 2960. The summed E-state index contributed by atoms with van der Waals surface area (Å²) in [7, 11) is 0. The molecule has 0 spiro atoms. The molecule has 0 N–H and O–H groups in total. The summed E-state index contributed by atoms with van der Waals surface area (Å²) in [5.74, 6) is 1.96. The molecule has 0 radical (unpaired) electrons. The average Bonchev–Trinajstić information content (AvgIpc) is 3.79. The molecule has 0 unspecified atom stereocenters. The molecule has 0 aliphatic rings. The quantitative estimate of drug-likeness (QED) is 0.159. The van der Waals surface area contributed by atoms with E-state index in [-0.39, 0.29) is 0 Å². The number of nitrogens with zero attached hydrogens (tertiary/aromatic N) is 4. The van der Waals surface area contributed by atoms with Gasteiger partial charge in [-0.25, -0.2) is 15.0 Å². The van der Waals surface area contributed by atoms with Crippen LogP contribution in [0.3, 0.4) is 0 Å². The molecular formula is C49H36N4O. The molecule has 10 aromatic rings. The minimum absolute atomic E-state index is 0.642. The van der Waals surface area contributed by atoms with Gasteiger partial charge in [0.2, 0.25) is 0 Å². The molecule has 7 aromatic carbocycles. The van der Waals surface area contributed by atoms with Gasteiger partial charge in [-0.1, -0.05) is 153 Å². The van der Waals surface area contributed by atoms with Crippen LogP contribution < -0.4 is 0 Å². The highest BCUT2D eigenvalue weighted by Crippen LogP contribution is 2.42. The topological polar surface area (TPSA) is 56.7 Å². The zero-order chi connectivity index (χ0) is 36.0. The van der Waals surface area contributed by atoms with Crippen LogP contribution in [0.25, 0.3) is 94.7 Å². The van der Waals surface area contributed by atoms with Crippen molar-refractivity contribution in [1.82, 2.24) is 19.5 Å². The predicted octanol–water partition coefficient (Wildman–Crippen LogP) is 12.9. The maximum Gasteiger partial charge on any atom is 0.164 e. The van der Waals surface area contributed by atoms with Crippen LogP contribution in [0.5, 0.6) is 0 Å². The summed E-state index contributed by atoms with van der Waals surface area (Å²) in [6.45, 7) is 2.22. The van der Waals surface area contributed by atoms with Gasteiger partial charge in [0, 0.05) is 43.8 Å². The maximum atomic E-state index is 6.63. The highest BCUT2D eigenvalue weighted by atomic mass is 16.3. The number of hydrogen-bond donors (Lipinski definition) is 0. The maximum absolute atomic E-state index is 6.63. The number of benzene rings is 7. The van der Waals surface area contributed by atoms with Crippen LogP contribution in [0.2, 0.25) is 0 Å². The lowest BCUT2D eigenvalue weighted by Crippen LogP contribution is -2.00. The van der Waals surface area contributed by atoms with E-state index in [9.17, 15) is 0 Å². The van der Waals surface area contributed by atoms with Crippen molar-refractivity contribution in [3.05, 3.63) is 169 Å². The number of aryl methyl sites for hydroxylation is 1. The second-order valence-corrected chi connectivity index (χ2v) is 13.9. The van der Waals surface area contributed by atoms with Crippen molar-refractivity contribution in [2.24, 2.45) is 0 Å². The summed E-state index contributed by atoms with van der Waals surface area (Å²) in [6, 6.07) is 57.3. The first-order chi connectivity index (χ1) is 26.7. The number of rotatable bonds is 8.